The van der Waals surface area contributed by atoms with E-state index >= 15 is 0 Å². The predicted molar refractivity (Wildman–Crippen MR) is 89.3 cm³/mol. The molecule has 4 nitrogen and oxygen atoms in total. The molecule has 0 aromatic carbocycles. The Kier molecular flexibility index (Phi) is 7.90. The summed E-state index contributed by atoms with van der Waals surface area (Å²) in [7, 11) is -1.11. The molecule has 0 radical (unpaired) electrons. The van der Waals surface area contributed by atoms with E-state index in [-0.39, 0.29) is 19.1 Å². The molecule has 4 unspecified atom stereocenters. The highest BCUT2D eigenvalue weighted by Gasteiger charge is 2.34. The molecule has 1 rings (SSSR count). The third-order valence-corrected chi connectivity index (χ3v) is 5.68. The Hall–Kier alpha value is 0.270. The number of rotatable bonds is 8. The van der Waals surface area contributed by atoms with Gasteiger partial charge in [0.1, 0.15) is 0 Å². The molecule has 1 fully saturated rings. The van der Waals surface area contributed by atoms with Crippen LogP contribution in [-0.4, -0.2) is 42.2 Å². The topological polar surface area (TPSA) is 30.9 Å². The summed E-state index contributed by atoms with van der Waals surface area (Å²) in [5, 5.41) is 0. The van der Waals surface area contributed by atoms with E-state index in [1.807, 2.05) is 0 Å². The first-order valence-corrected chi connectivity index (χ1v) is 9.32. The molecular weight excluding hydrogens is 285 g/mol. The molecule has 126 valence electrons. The maximum atomic E-state index is 7.70. The molecule has 0 amide bonds. The van der Waals surface area contributed by atoms with Crippen LogP contribution in [0.25, 0.3) is 0 Å². The number of hydrogen-bond donors (Lipinski definition) is 0. The van der Waals surface area contributed by atoms with E-state index in [9.17, 15) is 0 Å². The first kappa shape index (κ1) is 17.6. The van der Waals surface area contributed by atoms with Gasteiger partial charge >= 0.3 is 0 Å². The molecule has 0 saturated carbocycles. The zero-order valence-electron chi connectivity index (χ0n) is 15.5. The van der Waals surface area contributed by atoms with Gasteiger partial charge in [-0.05, 0) is 53.4 Å². The molecular formula is C16H34NO3P. The second-order valence-corrected chi connectivity index (χ2v) is 7.90. The molecule has 1 heterocycles. The Morgan fingerprint density at radius 3 is 2.52 bits per heavy atom. The summed E-state index contributed by atoms with van der Waals surface area (Å²) >= 11 is 0. The Balaban J connectivity index is 2.81. The van der Waals surface area contributed by atoms with Crippen molar-refractivity contribution in [3.63, 3.8) is 0 Å². The van der Waals surface area contributed by atoms with Gasteiger partial charge in [-0.25, -0.2) is 4.67 Å². The molecule has 0 N–H and O–H groups in total. The minimum Gasteiger partial charge on any atom is -0.376 e. The van der Waals surface area contributed by atoms with Crippen LogP contribution in [0.4, 0.5) is 0 Å². The fraction of sp³-hybridized carbons (Fsp3) is 1.00. The highest BCUT2D eigenvalue weighted by atomic mass is 31.2. The Morgan fingerprint density at radius 2 is 2.00 bits per heavy atom. The third kappa shape index (κ3) is 6.11. The second kappa shape index (κ2) is 9.42. The maximum Gasteiger partial charge on any atom is 0.259 e. The average molecular weight is 320 g/mol. The Labute approximate surface area is 133 Å². The maximum absolute atomic E-state index is 7.70. The van der Waals surface area contributed by atoms with Gasteiger partial charge in [-0.15, -0.1) is 0 Å². The third-order valence-electron chi connectivity index (χ3n) is 3.52. The lowest BCUT2D eigenvalue weighted by Crippen LogP contribution is -2.40. The van der Waals surface area contributed by atoms with Gasteiger partial charge in [0.15, 0.2) is 0 Å². The smallest absolute Gasteiger partial charge is 0.259 e. The zero-order valence-corrected chi connectivity index (χ0v) is 15.4. The van der Waals surface area contributed by atoms with Gasteiger partial charge in [-0.2, -0.15) is 0 Å². The van der Waals surface area contributed by atoms with E-state index < -0.39 is 8.53 Å². The van der Waals surface area contributed by atoms with E-state index in [1.54, 1.807) is 0 Å². The summed E-state index contributed by atoms with van der Waals surface area (Å²) in [6.45, 7) is 14.7. The van der Waals surface area contributed by atoms with Gasteiger partial charge < -0.3 is 13.8 Å². The van der Waals surface area contributed by atoms with Crippen LogP contribution in [0.5, 0.6) is 0 Å². The molecule has 1 saturated heterocycles. The molecule has 1 aliphatic rings. The quantitative estimate of drug-likeness (QED) is 0.612. The standard InChI is InChI=1S/C16H34NO3P/c1-8-9-19-21(17(12(2)3)13(4)5)20-16-10-14(6)11-18-15(16)7/h12-16H,8-11H2,1-7H3/i7D. The molecule has 1 aliphatic heterocycles. The number of nitrogens with zero attached hydrogens (tertiary/aromatic N) is 1. The Bertz CT molecular complexity index is 299. The van der Waals surface area contributed by atoms with Crippen molar-refractivity contribution in [1.29, 1.82) is 0 Å². The van der Waals surface area contributed by atoms with Crippen LogP contribution in [0.2, 0.25) is 0 Å². The SMILES string of the molecule is [2H]CC1OCC(C)CC1OP(OCCC)N(C(C)C)C(C)C. The second-order valence-electron chi connectivity index (χ2n) is 6.50. The van der Waals surface area contributed by atoms with Crippen molar-refractivity contribution in [2.45, 2.75) is 85.6 Å². The van der Waals surface area contributed by atoms with E-state index in [0.29, 0.717) is 24.6 Å². The lowest BCUT2D eigenvalue weighted by atomic mass is 9.98. The predicted octanol–water partition coefficient (Wildman–Crippen LogP) is 4.59. The number of ether oxygens (including phenoxy) is 1. The van der Waals surface area contributed by atoms with Crippen molar-refractivity contribution in [3.05, 3.63) is 0 Å². The lowest BCUT2D eigenvalue weighted by Gasteiger charge is -2.40. The van der Waals surface area contributed by atoms with Crippen molar-refractivity contribution in [3.8, 4) is 0 Å². The lowest BCUT2D eigenvalue weighted by molar-refractivity contribution is -0.0786. The first-order chi connectivity index (χ1) is 10.4. The summed E-state index contributed by atoms with van der Waals surface area (Å²) in [5.74, 6) is 0.474. The van der Waals surface area contributed by atoms with Gasteiger partial charge in [0.05, 0.1) is 18.8 Å². The van der Waals surface area contributed by atoms with Gasteiger partial charge in [0.2, 0.25) is 0 Å². The Morgan fingerprint density at radius 1 is 1.33 bits per heavy atom. The minimum atomic E-state index is -1.11. The fourth-order valence-electron chi connectivity index (χ4n) is 2.53. The van der Waals surface area contributed by atoms with Crippen LogP contribution >= 0.6 is 8.53 Å². The molecule has 21 heavy (non-hydrogen) atoms. The van der Waals surface area contributed by atoms with Crippen molar-refractivity contribution in [2.75, 3.05) is 13.2 Å². The highest BCUT2D eigenvalue weighted by molar-refractivity contribution is 7.44. The van der Waals surface area contributed by atoms with Crippen LogP contribution in [0.15, 0.2) is 0 Å². The fourth-order valence-corrected chi connectivity index (χ4v) is 4.38. The summed E-state index contributed by atoms with van der Waals surface area (Å²) in [6, 6.07) is 0.721. The van der Waals surface area contributed by atoms with Gasteiger partial charge in [-0.3, -0.25) is 0 Å². The van der Waals surface area contributed by atoms with Crippen LogP contribution in [0.3, 0.4) is 0 Å². The summed E-state index contributed by atoms with van der Waals surface area (Å²) in [4.78, 5) is 0. The zero-order chi connectivity index (χ0) is 16.7. The molecule has 0 bridgehead atoms. The minimum absolute atomic E-state index is 0.0378. The van der Waals surface area contributed by atoms with Crippen LogP contribution in [0.1, 0.15) is 62.7 Å². The molecule has 0 aromatic rings. The van der Waals surface area contributed by atoms with Crippen LogP contribution in [-0.2, 0) is 13.8 Å². The van der Waals surface area contributed by atoms with E-state index in [0.717, 1.165) is 19.4 Å². The van der Waals surface area contributed by atoms with Crippen LogP contribution in [0, 0.1) is 5.92 Å². The number of hydrogen-bond acceptors (Lipinski definition) is 4. The van der Waals surface area contributed by atoms with Crippen LogP contribution < -0.4 is 0 Å². The molecule has 5 heteroatoms. The van der Waals surface area contributed by atoms with E-state index in [2.05, 4.69) is 46.2 Å². The monoisotopic (exact) mass is 320 g/mol. The van der Waals surface area contributed by atoms with E-state index in [1.165, 1.54) is 0 Å². The van der Waals surface area contributed by atoms with E-state index in [4.69, 9.17) is 15.2 Å². The molecule has 0 spiro atoms. The van der Waals surface area contributed by atoms with Crippen molar-refractivity contribution in [2.24, 2.45) is 5.92 Å². The largest absolute Gasteiger partial charge is 0.376 e. The summed E-state index contributed by atoms with van der Waals surface area (Å²) in [6.07, 6.45) is 1.75. The van der Waals surface area contributed by atoms with Crippen molar-refractivity contribution >= 4 is 8.53 Å². The normalized spacial score (nSPS) is 29.2. The molecule has 4 atom stereocenters. The average Bonchev–Trinajstić information content (AvgIpc) is 2.44. The van der Waals surface area contributed by atoms with Gasteiger partial charge in [0, 0.05) is 20.1 Å². The van der Waals surface area contributed by atoms with Gasteiger partial charge in [-0.1, -0.05) is 13.8 Å². The van der Waals surface area contributed by atoms with Crippen molar-refractivity contribution in [1.82, 2.24) is 4.67 Å². The first-order valence-electron chi connectivity index (χ1n) is 8.90. The van der Waals surface area contributed by atoms with Gasteiger partial charge in [0.25, 0.3) is 8.53 Å². The summed E-state index contributed by atoms with van der Waals surface area (Å²) < 4.78 is 28.2. The molecule has 0 aliphatic carbocycles. The molecule has 0 aromatic heterocycles. The highest BCUT2D eigenvalue weighted by Crippen LogP contribution is 2.48. The van der Waals surface area contributed by atoms with Crippen molar-refractivity contribution < 1.29 is 15.2 Å². The summed E-state index contributed by atoms with van der Waals surface area (Å²) in [5.41, 5.74) is 0.